The van der Waals surface area contributed by atoms with Crippen LogP contribution in [0, 0.1) is 13.8 Å². The van der Waals surface area contributed by atoms with Gasteiger partial charge in [-0.3, -0.25) is 0 Å². The van der Waals surface area contributed by atoms with Crippen molar-refractivity contribution in [3.8, 4) is 0 Å². The molecule has 2 rings (SSSR count). The Bertz CT molecular complexity index is 657. The van der Waals surface area contributed by atoms with Crippen molar-refractivity contribution in [3.05, 3.63) is 20.5 Å². The Morgan fingerprint density at radius 3 is 1.28 bits per heavy atom. The first-order valence-electron chi connectivity index (χ1n) is 8.62. The number of hydrogen-bond donors (Lipinski definition) is 0. The van der Waals surface area contributed by atoms with Gasteiger partial charge in [-0.15, -0.1) is 58.4 Å². The van der Waals surface area contributed by atoms with Gasteiger partial charge >= 0.3 is 41.5 Å². The molecule has 189 valence electrons. The van der Waals surface area contributed by atoms with Gasteiger partial charge in [0.15, 0.2) is 0 Å². The zero-order valence-electron chi connectivity index (χ0n) is 18.6. The quantitative estimate of drug-likeness (QED) is 0.119. The van der Waals surface area contributed by atoms with Crippen molar-refractivity contribution in [2.24, 2.45) is 0 Å². The van der Waals surface area contributed by atoms with Gasteiger partial charge in [-0.1, -0.05) is 0 Å². The predicted molar refractivity (Wildman–Crippen MR) is 173 cm³/mol. The molecule has 0 radical (unpaired) electrons. The topological polar surface area (TPSA) is 0 Å². The predicted octanol–water partition coefficient (Wildman–Crippen LogP) is 11.8. The van der Waals surface area contributed by atoms with E-state index in [1.54, 1.807) is 11.3 Å². The van der Waals surface area contributed by atoms with E-state index in [2.05, 4.69) is 49.6 Å². The number of thioether (sulfide) groups is 8. The van der Waals surface area contributed by atoms with Gasteiger partial charge in [0, 0.05) is 60.4 Å². The van der Waals surface area contributed by atoms with E-state index < -0.39 is 11.2 Å². The van der Waals surface area contributed by atoms with Crippen LogP contribution in [-0.2, 0) is 11.2 Å². The van der Waals surface area contributed by atoms with Crippen molar-refractivity contribution < 1.29 is 11.2 Å². The Balaban J connectivity index is 0.000000519. The van der Waals surface area contributed by atoms with Gasteiger partial charge in [0.1, 0.15) is 0 Å². The Morgan fingerprint density at radius 2 is 0.969 bits per heavy atom. The number of thiophene rings is 2. The molecule has 0 spiro atoms. The van der Waals surface area contributed by atoms with Gasteiger partial charge in [-0.05, 0) is 38.9 Å². The fourth-order valence-corrected chi connectivity index (χ4v) is 11.0. The Kier molecular flexibility index (Phi) is 26.3. The molecule has 0 aliphatic rings. The Hall–Kier alpha value is 3.59. The van der Waals surface area contributed by atoms with Crippen molar-refractivity contribution in [1.29, 1.82) is 0 Å². The Morgan fingerprint density at radius 1 is 0.656 bits per heavy atom. The van der Waals surface area contributed by atoms with Crippen LogP contribution >= 0.6 is 147 Å². The summed E-state index contributed by atoms with van der Waals surface area (Å²) in [6, 6.07) is 0. The monoisotopic (exact) mass is 725 g/mol. The summed E-state index contributed by atoms with van der Waals surface area (Å²) in [6.45, 7) is 4.48. The van der Waals surface area contributed by atoms with Gasteiger partial charge in [0.25, 0.3) is 0 Å². The summed E-state index contributed by atoms with van der Waals surface area (Å²) in [5.74, 6) is 0. The third kappa shape index (κ3) is 17.2. The third-order valence-corrected chi connectivity index (χ3v) is 14.2. The molecule has 0 atom stereocenters. The van der Waals surface area contributed by atoms with E-state index in [0.29, 0.717) is 0 Å². The van der Waals surface area contributed by atoms with Gasteiger partial charge in [-0.25, -0.2) is 0 Å². The fraction of sp³-hybridized carbons (Fsp3) is 0.556. The molecule has 32 heavy (non-hydrogen) atoms. The van der Waals surface area contributed by atoms with Gasteiger partial charge < -0.3 is 0 Å². The van der Waals surface area contributed by atoms with Crippen LogP contribution in [0.1, 0.15) is 9.75 Å². The normalized spacial score (nSPS) is 10.8. The molecular formula is C18H28Cl3FeS10. The number of aryl methyl sites for hydroxylation is 2. The van der Waals surface area contributed by atoms with E-state index in [4.69, 9.17) is 30.3 Å². The molecule has 2 aromatic heterocycles. The molecule has 0 saturated carbocycles. The van der Waals surface area contributed by atoms with Crippen molar-refractivity contribution in [1.82, 2.24) is 0 Å². The summed E-state index contributed by atoms with van der Waals surface area (Å²) in [5, 5.41) is 9.13. The molecule has 0 nitrogen and oxygen atoms in total. The molecule has 14 heteroatoms. The molecule has 0 aromatic carbocycles. The molecule has 0 aliphatic carbocycles. The standard InChI is InChI=1S/C10H16S5.C8H12S5.3ClH.Fe/c1-7-9(13-5-11-3)10(8(2)15-7)14-6-12-4;1-9-5-12-7-3-11-4-8(7)13-6-10-2;;;;/h5-6H2,1-4H3;3-4H,5-6H2,1-2H3;3*1H;/q;;;;;+3/p-3. The summed E-state index contributed by atoms with van der Waals surface area (Å²) in [5.41, 5.74) is 0. The second-order valence-electron chi connectivity index (χ2n) is 5.33. The van der Waals surface area contributed by atoms with Gasteiger partial charge in [0.2, 0.25) is 0 Å². The first kappa shape index (κ1) is 35.6. The first-order chi connectivity index (χ1) is 15.3. The van der Waals surface area contributed by atoms with E-state index in [1.807, 2.05) is 105 Å². The zero-order valence-corrected chi connectivity index (χ0v) is 30.1. The summed E-state index contributed by atoms with van der Waals surface area (Å²) in [6.07, 6.45) is 8.62. The van der Waals surface area contributed by atoms with E-state index >= 15 is 0 Å². The maximum absolute atomic E-state index is 4.89. The average molecular weight is 727 g/mol. The van der Waals surface area contributed by atoms with Crippen molar-refractivity contribution in [2.45, 2.75) is 33.4 Å². The molecule has 2 heterocycles. The van der Waals surface area contributed by atoms with Crippen LogP contribution in [0.15, 0.2) is 30.3 Å². The number of rotatable bonds is 12. The van der Waals surface area contributed by atoms with E-state index in [-0.39, 0.29) is 0 Å². The van der Waals surface area contributed by atoms with Crippen molar-refractivity contribution >= 4 is 147 Å². The average Bonchev–Trinajstić information content (AvgIpc) is 3.30. The zero-order chi connectivity index (χ0) is 24.4. The van der Waals surface area contributed by atoms with Crippen LogP contribution in [0.3, 0.4) is 0 Å². The summed E-state index contributed by atoms with van der Waals surface area (Å²) >= 11 is 17.9. The summed E-state index contributed by atoms with van der Waals surface area (Å²) < 4.78 is 0. The molecule has 0 aliphatic heterocycles. The minimum absolute atomic E-state index is 1.16. The van der Waals surface area contributed by atoms with Crippen molar-refractivity contribution in [3.63, 3.8) is 0 Å². The molecule has 0 fully saturated rings. The van der Waals surface area contributed by atoms with E-state index in [0.717, 1.165) is 20.3 Å². The second-order valence-corrected chi connectivity index (χ2v) is 21.9. The molecule has 0 unspecified atom stereocenters. The molecular weight excluding hydrogens is 699 g/mol. The summed E-state index contributed by atoms with van der Waals surface area (Å²) in [4.78, 5) is 8.92. The molecule has 0 bridgehead atoms. The van der Waals surface area contributed by atoms with Gasteiger partial charge in [-0.2, -0.15) is 58.4 Å². The Labute approximate surface area is 254 Å². The fourth-order valence-electron chi connectivity index (χ4n) is 1.94. The molecule has 0 amide bonds. The maximum atomic E-state index is 4.89. The van der Waals surface area contributed by atoms with E-state index in [1.165, 1.54) is 29.3 Å². The third-order valence-electron chi connectivity index (χ3n) is 3.05. The first-order valence-corrected chi connectivity index (χ1v) is 24.5. The van der Waals surface area contributed by atoms with Crippen LogP contribution in [-0.4, -0.2) is 45.4 Å². The molecule has 2 aromatic rings. The molecule has 0 N–H and O–H groups in total. The van der Waals surface area contributed by atoms with Crippen LogP contribution in [0.5, 0.6) is 0 Å². The number of halogens is 3. The van der Waals surface area contributed by atoms with Crippen LogP contribution < -0.4 is 0 Å². The van der Waals surface area contributed by atoms with Crippen LogP contribution in [0.2, 0.25) is 0 Å². The SMILES string of the molecule is CSCSc1c(C)sc(C)c1SCSC.CSCSc1cscc1SCSC.[Cl][Fe]([Cl])[Cl]. The van der Waals surface area contributed by atoms with Crippen molar-refractivity contribution in [2.75, 3.05) is 45.4 Å². The van der Waals surface area contributed by atoms with Crippen LogP contribution in [0.4, 0.5) is 0 Å². The van der Waals surface area contributed by atoms with E-state index in [9.17, 15) is 0 Å². The van der Waals surface area contributed by atoms with Crippen LogP contribution in [0.25, 0.3) is 0 Å². The summed E-state index contributed by atoms with van der Waals surface area (Å²) in [7, 11) is 14.7. The minimum atomic E-state index is -1.33. The molecule has 0 saturated heterocycles. The van der Waals surface area contributed by atoms with Gasteiger partial charge in [0.05, 0.1) is 0 Å². The second kappa shape index (κ2) is 23.7. The number of hydrogen-bond acceptors (Lipinski definition) is 10.